The number of hydrogen-bond donors (Lipinski definition) is 0. The van der Waals surface area contributed by atoms with Crippen molar-refractivity contribution in [1.82, 2.24) is 0 Å². The average molecular weight is 283 g/mol. The largest absolute Gasteiger partial charge is 0.300 e. The first-order valence-corrected chi connectivity index (χ1v) is 9.16. The summed E-state index contributed by atoms with van der Waals surface area (Å²) >= 11 is 0. The summed E-state index contributed by atoms with van der Waals surface area (Å²) in [4.78, 5) is 11.0. The summed E-state index contributed by atoms with van der Waals surface area (Å²) in [7, 11) is 0. The molecule has 0 bridgehead atoms. The third-order valence-corrected chi connectivity index (χ3v) is 4.19. The molecule has 120 valence electrons. The highest BCUT2D eigenvalue weighted by Crippen LogP contribution is 2.16. The van der Waals surface area contributed by atoms with Crippen LogP contribution in [0.25, 0.3) is 0 Å². The van der Waals surface area contributed by atoms with Gasteiger partial charge in [-0.05, 0) is 12.8 Å². The molecule has 0 aliphatic carbocycles. The Morgan fingerprint density at radius 2 is 1.15 bits per heavy atom. The summed E-state index contributed by atoms with van der Waals surface area (Å²) in [6.07, 6.45) is 18.9. The van der Waals surface area contributed by atoms with Crippen LogP contribution in [0.1, 0.15) is 111 Å². The van der Waals surface area contributed by atoms with E-state index in [2.05, 4.69) is 13.8 Å². The monoisotopic (exact) mass is 282 g/mol. The van der Waals surface area contributed by atoms with Gasteiger partial charge in [0.15, 0.2) is 0 Å². The number of ketones is 1. The van der Waals surface area contributed by atoms with E-state index in [4.69, 9.17) is 0 Å². The molecule has 0 aromatic heterocycles. The van der Waals surface area contributed by atoms with Crippen LogP contribution in [-0.2, 0) is 4.79 Å². The van der Waals surface area contributed by atoms with E-state index >= 15 is 0 Å². The first-order chi connectivity index (χ1) is 9.66. The van der Waals surface area contributed by atoms with Crippen molar-refractivity contribution < 1.29 is 4.79 Å². The third-order valence-electron chi connectivity index (χ3n) is 4.19. The van der Waals surface area contributed by atoms with Gasteiger partial charge in [0.1, 0.15) is 5.78 Å². The van der Waals surface area contributed by atoms with Crippen LogP contribution in [0.3, 0.4) is 0 Å². The Labute approximate surface area is 127 Å². The van der Waals surface area contributed by atoms with Gasteiger partial charge in [-0.1, -0.05) is 97.3 Å². The van der Waals surface area contributed by atoms with Crippen LogP contribution in [0.2, 0.25) is 0 Å². The number of rotatable bonds is 15. The zero-order valence-electron chi connectivity index (χ0n) is 14.4. The van der Waals surface area contributed by atoms with Gasteiger partial charge in [0.05, 0.1) is 0 Å². The molecule has 1 nitrogen and oxygen atoms in total. The minimum absolute atomic E-state index is 0.344. The molecule has 0 amide bonds. The number of unbranched alkanes of at least 4 members (excludes halogenated alkanes) is 11. The predicted molar refractivity (Wildman–Crippen MR) is 90.2 cm³/mol. The van der Waals surface area contributed by atoms with E-state index in [9.17, 15) is 4.79 Å². The molecule has 20 heavy (non-hydrogen) atoms. The second kappa shape index (κ2) is 15.1. The van der Waals surface area contributed by atoms with E-state index in [1.807, 2.05) is 0 Å². The number of carbonyl (C=O) groups excluding carboxylic acids is 1. The predicted octanol–water partition coefficient (Wildman–Crippen LogP) is 6.69. The van der Waals surface area contributed by atoms with Gasteiger partial charge in [-0.25, -0.2) is 0 Å². The quantitative estimate of drug-likeness (QED) is 0.306. The van der Waals surface area contributed by atoms with Gasteiger partial charge in [-0.15, -0.1) is 0 Å². The summed E-state index contributed by atoms with van der Waals surface area (Å²) < 4.78 is 0. The maximum absolute atomic E-state index is 11.0. The SMILES string of the molecule is CCCCCCCCCCCCCCC(C)CC(C)=O. The Morgan fingerprint density at radius 3 is 1.55 bits per heavy atom. The standard InChI is InChI=1S/C19H38O/c1-4-5-6-7-8-9-10-11-12-13-14-15-16-18(2)17-19(3)20/h18H,4-17H2,1-3H3. The fourth-order valence-corrected chi connectivity index (χ4v) is 2.93. The van der Waals surface area contributed by atoms with Gasteiger partial charge in [-0.3, -0.25) is 0 Å². The fourth-order valence-electron chi connectivity index (χ4n) is 2.93. The van der Waals surface area contributed by atoms with E-state index in [1.165, 1.54) is 83.5 Å². The first kappa shape index (κ1) is 19.7. The van der Waals surface area contributed by atoms with Gasteiger partial charge in [-0.2, -0.15) is 0 Å². The lowest BCUT2D eigenvalue weighted by Gasteiger charge is -2.08. The van der Waals surface area contributed by atoms with Crippen LogP contribution < -0.4 is 0 Å². The van der Waals surface area contributed by atoms with Gasteiger partial charge in [0.2, 0.25) is 0 Å². The minimum Gasteiger partial charge on any atom is -0.300 e. The van der Waals surface area contributed by atoms with Crippen LogP contribution in [0.5, 0.6) is 0 Å². The highest BCUT2D eigenvalue weighted by atomic mass is 16.1. The number of carbonyl (C=O) groups is 1. The summed E-state index contributed by atoms with van der Waals surface area (Å²) in [5.41, 5.74) is 0. The van der Waals surface area contributed by atoms with E-state index in [1.54, 1.807) is 6.92 Å². The van der Waals surface area contributed by atoms with E-state index in [-0.39, 0.29) is 0 Å². The molecule has 0 saturated carbocycles. The van der Waals surface area contributed by atoms with Crippen LogP contribution >= 0.6 is 0 Å². The van der Waals surface area contributed by atoms with Crippen LogP contribution in [-0.4, -0.2) is 5.78 Å². The molecule has 0 fully saturated rings. The molecule has 0 aliphatic rings. The van der Waals surface area contributed by atoms with Crippen LogP contribution in [0.15, 0.2) is 0 Å². The Bertz CT molecular complexity index is 210. The molecule has 0 aromatic rings. The van der Waals surface area contributed by atoms with Crippen molar-refractivity contribution in [2.24, 2.45) is 5.92 Å². The lowest BCUT2D eigenvalue weighted by molar-refractivity contribution is -0.117. The van der Waals surface area contributed by atoms with Crippen molar-refractivity contribution >= 4 is 5.78 Å². The Kier molecular flexibility index (Phi) is 14.8. The average Bonchev–Trinajstić information content (AvgIpc) is 2.39. The molecule has 1 heteroatoms. The molecular formula is C19H38O. The maximum Gasteiger partial charge on any atom is 0.130 e. The first-order valence-electron chi connectivity index (χ1n) is 9.16. The van der Waals surface area contributed by atoms with Gasteiger partial charge in [0.25, 0.3) is 0 Å². The summed E-state index contributed by atoms with van der Waals surface area (Å²) in [6.45, 7) is 6.19. The number of Topliss-reactive ketones (excluding diaryl/α,β-unsaturated/α-hetero) is 1. The number of hydrogen-bond acceptors (Lipinski definition) is 1. The van der Waals surface area contributed by atoms with E-state index in [0.717, 1.165) is 6.42 Å². The third kappa shape index (κ3) is 15.7. The van der Waals surface area contributed by atoms with Crippen molar-refractivity contribution in [2.75, 3.05) is 0 Å². The van der Waals surface area contributed by atoms with Crippen molar-refractivity contribution in [3.8, 4) is 0 Å². The van der Waals surface area contributed by atoms with Crippen molar-refractivity contribution in [2.45, 2.75) is 111 Å². The van der Waals surface area contributed by atoms with Crippen molar-refractivity contribution in [3.05, 3.63) is 0 Å². The maximum atomic E-state index is 11.0. The highest BCUT2D eigenvalue weighted by molar-refractivity contribution is 5.75. The Hall–Kier alpha value is -0.330. The molecule has 1 unspecified atom stereocenters. The fraction of sp³-hybridized carbons (Fsp3) is 0.947. The molecule has 0 radical (unpaired) electrons. The molecule has 0 aromatic carbocycles. The zero-order chi connectivity index (χ0) is 15.1. The van der Waals surface area contributed by atoms with Crippen molar-refractivity contribution in [1.29, 1.82) is 0 Å². The molecule has 0 N–H and O–H groups in total. The lowest BCUT2D eigenvalue weighted by atomic mass is 9.97. The van der Waals surface area contributed by atoms with E-state index < -0.39 is 0 Å². The highest BCUT2D eigenvalue weighted by Gasteiger charge is 2.04. The summed E-state index contributed by atoms with van der Waals surface area (Å²) in [5, 5.41) is 0. The molecule has 0 saturated heterocycles. The summed E-state index contributed by atoms with van der Waals surface area (Å²) in [5.74, 6) is 0.937. The summed E-state index contributed by atoms with van der Waals surface area (Å²) in [6, 6.07) is 0. The second-order valence-electron chi connectivity index (χ2n) is 6.69. The van der Waals surface area contributed by atoms with Crippen LogP contribution in [0.4, 0.5) is 0 Å². The molecular weight excluding hydrogens is 244 g/mol. The molecule has 1 atom stereocenters. The Balaban J connectivity index is 3.08. The Morgan fingerprint density at radius 1 is 0.750 bits per heavy atom. The molecule has 0 spiro atoms. The minimum atomic E-state index is 0.344. The normalized spacial score (nSPS) is 12.6. The van der Waals surface area contributed by atoms with E-state index in [0.29, 0.717) is 11.7 Å². The molecule has 0 rings (SSSR count). The van der Waals surface area contributed by atoms with Gasteiger partial charge >= 0.3 is 0 Å². The van der Waals surface area contributed by atoms with Gasteiger partial charge in [0, 0.05) is 6.42 Å². The smallest absolute Gasteiger partial charge is 0.130 e. The topological polar surface area (TPSA) is 17.1 Å². The van der Waals surface area contributed by atoms with Crippen molar-refractivity contribution in [3.63, 3.8) is 0 Å². The lowest BCUT2D eigenvalue weighted by Crippen LogP contribution is -2.01. The van der Waals surface area contributed by atoms with Gasteiger partial charge < -0.3 is 4.79 Å². The zero-order valence-corrected chi connectivity index (χ0v) is 14.4. The second-order valence-corrected chi connectivity index (χ2v) is 6.69. The van der Waals surface area contributed by atoms with Crippen LogP contribution in [0, 0.1) is 5.92 Å². The molecule has 0 aliphatic heterocycles. The molecule has 0 heterocycles.